The van der Waals surface area contributed by atoms with Crippen LogP contribution in [0, 0.1) is 5.92 Å². The van der Waals surface area contributed by atoms with E-state index in [1.54, 1.807) is 0 Å². The molecule has 0 aliphatic heterocycles. The normalized spacial score (nSPS) is 12.9. The minimum atomic E-state index is -0.0363. The fraction of sp³-hybridized carbons (Fsp3) is 0.375. The third kappa shape index (κ3) is 2.90. The Morgan fingerprint density at radius 2 is 2.00 bits per heavy atom. The van der Waals surface area contributed by atoms with Gasteiger partial charge < -0.3 is 5.73 Å². The third-order valence-electron chi connectivity index (χ3n) is 3.82. The maximum atomic E-state index is 6.25. The highest BCUT2D eigenvalue weighted by molar-refractivity contribution is 5.82. The summed E-state index contributed by atoms with van der Waals surface area (Å²) in [5.41, 5.74) is 8.70. The summed E-state index contributed by atoms with van der Waals surface area (Å²) in [5, 5.41) is 15.5. The Balaban J connectivity index is 2.05. The molecule has 3 N–H and O–H groups in total. The van der Waals surface area contributed by atoms with Gasteiger partial charge in [0.2, 0.25) is 0 Å². The second kappa shape index (κ2) is 6.09. The van der Waals surface area contributed by atoms with Crippen LogP contribution < -0.4 is 5.73 Å². The van der Waals surface area contributed by atoms with Gasteiger partial charge in [-0.15, -0.1) is 10.2 Å². The van der Waals surface area contributed by atoms with Gasteiger partial charge in [0.25, 0.3) is 0 Å². The standard InChI is InChI=1S/C16H20N6/c1-10(2)7-8-12(16-19-21-22-20-16)15-13(17)9-11-5-3-4-6-14(11)18-15/h3-6,9-10,12H,7-8,17H2,1-2H3,(H,19,20,21,22). The second-order valence-electron chi connectivity index (χ2n) is 5.95. The molecule has 0 saturated heterocycles. The van der Waals surface area contributed by atoms with Crippen LogP contribution in [-0.2, 0) is 0 Å². The van der Waals surface area contributed by atoms with Crippen molar-refractivity contribution in [3.63, 3.8) is 0 Å². The van der Waals surface area contributed by atoms with Crippen molar-refractivity contribution < 1.29 is 0 Å². The zero-order chi connectivity index (χ0) is 15.5. The predicted molar refractivity (Wildman–Crippen MR) is 86.2 cm³/mol. The molecule has 3 rings (SSSR count). The fourth-order valence-corrected chi connectivity index (χ4v) is 2.63. The molecule has 0 aliphatic carbocycles. The van der Waals surface area contributed by atoms with Gasteiger partial charge in [0.15, 0.2) is 5.82 Å². The Labute approximate surface area is 129 Å². The maximum absolute atomic E-state index is 6.25. The summed E-state index contributed by atoms with van der Waals surface area (Å²) in [5.74, 6) is 1.21. The molecule has 0 amide bonds. The van der Waals surface area contributed by atoms with Crippen molar-refractivity contribution in [1.82, 2.24) is 25.6 Å². The molecule has 1 unspecified atom stereocenters. The third-order valence-corrected chi connectivity index (χ3v) is 3.82. The first-order chi connectivity index (χ1) is 10.6. The molecule has 0 aliphatic rings. The number of hydrogen-bond donors (Lipinski definition) is 2. The molecule has 6 nitrogen and oxygen atoms in total. The van der Waals surface area contributed by atoms with E-state index in [1.807, 2.05) is 30.3 Å². The van der Waals surface area contributed by atoms with Crippen LogP contribution in [0.4, 0.5) is 5.69 Å². The lowest BCUT2D eigenvalue weighted by atomic mass is 9.92. The average Bonchev–Trinajstić information content (AvgIpc) is 3.01. The van der Waals surface area contributed by atoms with Crippen molar-refractivity contribution in [3.05, 3.63) is 41.9 Å². The Kier molecular flexibility index (Phi) is 4.00. The van der Waals surface area contributed by atoms with E-state index in [0.717, 1.165) is 29.4 Å². The molecule has 0 bridgehead atoms. The van der Waals surface area contributed by atoms with Gasteiger partial charge in [0, 0.05) is 5.39 Å². The van der Waals surface area contributed by atoms with Crippen LogP contribution in [0.1, 0.15) is 44.1 Å². The molecule has 2 heterocycles. The number of tetrazole rings is 1. The van der Waals surface area contributed by atoms with Gasteiger partial charge in [0.05, 0.1) is 22.8 Å². The number of hydrogen-bond acceptors (Lipinski definition) is 5. The lowest BCUT2D eigenvalue weighted by Gasteiger charge is -2.17. The van der Waals surface area contributed by atoms with E-state index < -0.39 is 0 Å². The summed E-state index contributed by atoms with van der Waals surface area (Å²) < 4.78 is 0. The Hall–Kier alpha value is -2.50. The molecule has 6 heteroatoms. The zero-order valence-corrected chi connectivity index (χ0v) is 12.8. The number of pyridine rings is 1. The number of rotatable bonds is 5. The van der Waals surface area contributed by atoms with Crippen LogP contribution in [-0.4, -0.2) is 25.6 Å². The summed E-state index contributed by atoms with van der Waals surface area (Å²) in [7, 11) is 0. The fourth-order valence-electron chi connectivity index (χ4n) is 2.63. The van der Waals surface area contributed by atoms with Gasteiger partial charge in [-0.25, -0.2) is 4.98 Å². The van der Waals surface area contributed by atoms with E-state index in [9.17, 15) is 0 Å². The van der Waals surface area contributed by atoms with Crippen LogP contribution in [0.25, 0.3) is 10.9 Å². The first-order valence-corrected chi connectivity index (χ1v) is 7.53. The number of nitrogen functional groups attached to an aromatic ring is 1. The number of fused-ring (bicyclic) bond motifs is 1. The summed E-state index contributed by atoms with van der Waals surface area (Å²) in [6.45, 7) is 4.40. The van der Waals surface area contributed by atoms with Crippen molar-refractivity contribution in [2.45, 2.75) is 32.6 Å². The second-order valence-corrected chi connectivity index (χ2v) is 5.95. The SMILES string of the molecule is CC(C)CCC(c1nn[nH]n1)c1nc2ccccc2cc1N. The maximum Gasteiger partial charge on any atom is 0.183 e. The van der Waals surface area contributed by atoms with Crippen LogP contribution in [0.15, 0.2) is 30.3 Å². The number of aromatic nitrogens is 5. The molecule has 1 aromatic carbocycles. The molecular weight excluding hydrogens is 276 g/mol. The Morgan fingerprint density at radius 3 is 2.73 bits per heavy atom. The summed E-state index contributed by atoms with van der Waals surface area (Å²) in [4.78, 5) is 4.76. The minimum Gasteiger partial charge on any atom is -0.397 e. The molecule has 1 atom stereocenters. The monoisotopic (exact) mass is 296 g/mol. The van der Waals surface area contributed by atoms with Crippen molar-refractivity contribution in [3.8, 4) is 0 Å². The predicted octanol–water partition coefficient (Wildman–Crippen LogP) is 2.90. The molecule has 3 aromatic rings. The molecule has 22 heavy (non-hydrogen) atoms. The minimum absolute atomic E-state index is 0.0363. The number of nitrogens with one attached hydrogen (secondary N) is 1. The number of nitrogens with two attached hydrogens (primary N) is 1. The van der Waals surface area contributed by atoms with Crippen LogP contribution >= 0.6 is 0 Å². The van der Waals surface area contributed by atoms with Crippen LogP contribution in [0.2, 0.25) is 0 Å². The van der Waals surface area contributed by atoms with Gasteiger partial charge in [0.1, 0.15) is 0 Å². The van der Waals surface area contributed by atoms with Crippen LogP contribution in [0.5, 0.6) is 0 Å². The number of H-pyrrole nitrogens is 1. The smallest absolute Gasteiger partial charge is 0.183 e. The molecule has 2 aromatic heterocycles. The van der Waals surface area contributed by atoms with Crippen molar-refractivity contribution in [1.29, 1.82) is 0 Å². The topological polar surface area (TPSA) is 93.4 Å². The molecular formula is C16H20N6. The molecule has 0 radical (unpaired) electrons. The van der Waals surface area contributed by atoms with Crippen molar-refractivity contribution >= 4 is 16.6 Å². The number of anilines is 1. The molecule has 0 spiro atoms. The van der Waals surface area contributed by atoms with Gasteiger partial charge in [-0.3, -0.25) is 0 Å². The van der Waals surface area contributed by atoms with E-state index in [-0.39, 0.29) is 5.92 Å². The van der Waals surface area contributed by atoms with Gasteiger partial charge in [-0.05, 0) is 30.9 Å². The van der Waals surface area contributed by atoms with Crippen molar-refractivity contribution in [2.24, 2.45) is 5.92 Å². The van der Waals surface area contributed by atoms with Crippen molar-refractivity contribution in [2.75, 3.05) is 5.73 Å². The molecule has 0 fully saturated rings. The summed E-state index contributed by atoms with van der Waals surface area (Å²) in [6.07, 6.45) is 1.94. The highest BCUT2D eigenvalue weighted by atomic mass is 15.5. The van der Waals surface area contributed by atoms with E-state index >= 15 is 0 Å². The first kappa shape index (κ1) is 14.4. The van der Waals surface area contributed by atoms with Crippen LogP contribution in [0.3, 0.4) is 0 Å². The number of aromatic amines is 1. The molecule has 114 valence electrons. The summed E-state index contributed by atoms with van der Waals surface area (Å²) in [6, 6.07) is 9.94. The number of para-hydroxylation sites is 1. The first-order valence-electron chi connectivity index (χ1n) is 7.53. The van der Waals surface area contributed by atoms with E-state index in [4.69, 9.17) is 10.7 Å². The quantitative estimate of drug-likeness (QED) is 0.755. The van der Waals surface area contributed by atoms with Gasteiger partial charge >= 0.3 is 0 Å². The highest BCUT2D eigenvalue weighted by Crippen LogP contribution is 2.32. The highest BCUT2D eigenvalue weighted by Gasteiger charge is 2.23. The number of benzene rings is 1. The average molecular weight is 296 g/mol. The zero-order valence-electron chi connectivity index (χ0n) is 12.8. The largest absolute Gasteiger partial charge is 0.397 e. The lowest BCUT2D eigenvalue weighted by molar-refractivity contribution is 0.515. The molecule has 0 saturated carbocycles. The Bertz CT molecular complexity index is 750. The van der Waals surface area contributed by atoms with E-state index in [0.29, 0.717) is 17.4 Å². The lowest BCUT2D eigenvalue weighted by Crippen LogP contribution is -2.10. The number of nitrogens with zero attached hydrogens (tertiary/aromatic N) is 4. The van der Waals surface area contributed by atoms with Gasteiger partial charge in [-0.1, -0.05) is 37.3 Å². The van der Waals surface area contributed by atoms with E-state index in [2.05, 4.69) is 34.5 Å². The summed E-state index contributed by atoms with van der Waals surface area (Å²) >= 11 is 0. The van der Waals surface area contributed by atoms with Gasteiger partial charge in [-0.2, -0.15) is 5.21 Å². The van der Waals surface area contributed by atoms with E-state index in [1.165, 1.54) is 0 Å². The Morgan fingerprint density at radius 1 is 1.18 bits per heavy atom.